The highest BCUT2D eigenvalue weighted by atomic mass is 16.2. The minimum absolute atomic E-state index is 0.00366. The lowest BCUT2D eigenvalue weighted by atomic mass is 9.97. The number of carbonyl (C=O) groups is 2. The number of amides is 3. The van der Waals surface area contributed by atoms with Crippen molar-refractivity contribution in [3.8, 4) is 0 Å². The van der Waals surface area contributed by atoms with Gasteiger partial charge in [-0.1, -0.05) is 50.6 Å². The van der Waals surface area contributed by atoms with Crippen LogP contribution in [0.25, 0.3) is 0 Å². The van der Waals surface area contributed by atoms with Gasteiger partial charge in [-0.05, 0) is 36.7 Å². The number of benzene rings is 1. The van der Waals surface area contributed by atoms with Crippen LogP contribution in [-0.2, 0) is 11.2 Å². The van der Waals surface area contributed by atoms with Crippen LogP contribution in [-0.4, -0.2) is 28.9 Å². The summed E-state index contributed by atoms with van der Waals surface area (Å²) in [7, 11) is 0. The van der Waals surface area contributed by atoms with Crippen molar-refractivity contribution in [1.82, 2.24) is 10.2 Å². The fourth-order valence-electron chi connectivity index (χ4n) is 3.25. The average molecular weight is 300 g/mol. The van der Waals surface area contributed by atoms with Crippen molar-refractivity contribution in [1.29, 1.82) is 0 Å². The lowest BCUT2D eigenvalue weighted by Crippen LogP contribution is -2.44. The lowest BCUT2D eigenvalue weighted by Gasteiger charge is -2.26. The molecule has 3 rings (SSSR count). The van der Waals surface area contributed by atoms with Crippen LogP contribution in [0.3, 0.4) is 0 Å². The number of rotatable bonds is 6. The summed E-state index contributed by atoms with van der Waals surface area (Å²) in [6.07, 6.45) is 3.88. The molecule has 1 aromatic rings. The Labute approximate surface area is 131 Å². The van der Waals surface area contributed by atoms with Crippen LogP contribution in [0.5, 0.6) is 0 Å². The number of urea groups is 1. The summed E-state index contributed by atoms with van der Waals surface area (Å²) >= 11 is 0. The molecule has 1 aliphatic heterocycles. The average Bonchev–Trinajstić information content (AvgIpc) is 3.32. The second-order valence-corrected chi connectivity index (χ2v) is 6.62. The van der Waals surface area contributed by atoms with Gasteiger partial charge in [-0.2, -0.15) is 0 Å². The molecule has 4 nitrogen and oxygen atoms in total. The van der Waals surface area contributed by atoms with E-state index < -0.39 is 0 Å². The molecule has 3 atom stereocenters. The van der Waals surface area contributed by atoms with Crippen LogP contribution >= 0.6 is 0 Å². The van der Waals surface area contributed by atoms with Gasteiger partial charge in [0.15, 0.2) is 0 Å². The molecule has 1 unspecified atom stereocenters. The van der Waals surface area contributed by atoms with E-state index in [-0.39, 0.29) is 29.9 Å². The number of nitrogens with zero attached hydrogens (tertiary/aromatic N) is 1. The molecule has 0 aromatic heterocycles. The first-order valence-corrected chi connectivity index (χ1v) is 8.29. The van der Waals surface area contributed by atoms with Crippen LogP contribution in [0, 0.1) is 11.8 Å². The smallest absolute Gasteiger partial charge is 0.325 e. The Kier molecular flexibility index (Phi) is 4.19. The number of nitrogens with one attached hydrogen (secondary N) is 1. The van der Waals surface area contributed by atoms with Crippen LogP contribution < -0.4 is 5.32 Å². The Hall–Kier alpha value is -1.84. The third-order valence-corrected chi connectivity index (χ3v) is 5.00. The zero-order chi connectivity index (χ0) is 15.7. The maximum absolute atomic E-state index is 12.7. The van der Waals surface area contributed by atoms with Gasteiger partial charge in [0, 0.05) is 6.04 Å². The quantitative estimate of drug-likeness (QED) is 0.821. The van der Waals surface area contributed by atoms with E-state index >= 15 is 0 Å². The molecule has 118 valence electrons. The molecule has 0 bridgehead atoms. The molecule has 1 saturated heterocycles. The van der Waals surface area contributed by atoms with E-state index in [1.165, 1.54) is 10.5 Å². The fourth-order valence-corrected chi connectivity index (χ4v) is 3.25. The highest BCUT2D eigenvalue weighted by Crippen LogP contribution is 2.38. The lowest BCUT2D eigenvalue weighted by molar-refractivity contribution is -0.130. The summed E-state index contributed by atoms with van der Waals surface area (Å²) in [6, 6.07) is 9.59. The zero-order valence-electron chi connectivity index (χ0n) is 13.3. The highest BCUT2D eigenvalue weighted by molar-refractivity contribution is 6.04. The van der Waals surface area contributed by atoms with E-state index in [0.717, 1.165) is 25.7 Å². The summed E-state index contributed by atoms with van der Waals surface area (Å²) in [6.45, 7) is 4.07. The van der Waals surface area contributed by atoms with E-state index in [9.17, 15) is 9.59 Å². The Balaban J connectivity index is 1.80. The third kappa shape index (κ3) is 2.87. The van der Waals surface area contributed by atoms with E-state index in [0.29, 0.717) is 5.92 Å². The van der Waals surface area contributed by atoms with Crippen LogP contribution in [0.2, 0.25) is 0 Å². The van der Waals surface area contributed by atoms with Crippen molar-refractivity contribution >= 4 is 11.9 Å². The Morgan fingerprint density at radius 1 is 1.23 bits per heavy atom. The topological polar surface area (TPSA) is 49.4 Å². The van der Waals surface area contributed by atoms with Gasteiger partial charge in [-0.3, -0.25) is 9.69 Å². The fraction of sp³-hybridized carbons (Fsp3) is 0.556. The molecular weight excluding hydrogens is 276 g/mol. The van der Waals surface area contributed by atoms with Crippen LogP contribution in [0.1, 0.15) is 38.7 Å². The second kappa shape index (κ2) is 6.11. The molecule has 2 aliphatic rings. The van der Waals surface area contributed by atoms with E-state index in [2.05, 4.69) is 24.4 Å². The van der Waals surface area contributed by atoms with Gasteiger partial charge >= 0.3 is 6.03 Å². The number of carbonyl (C=O) groups excluding carboxylic acids is 2. The van der Waals surface area contributed by atoms with Crippen LogP contribution in [0.4, 0.5) is 4.79 Å². The van der Waals surface area contributed by atoms with Crippen molar-refractivity contribution in [3.63, 3.8) is 0 Å². The first-order chi connectivity index (χ1) is 10.6. The predicted molar refractivity (Wildman–Crippen MR) is 85.3 cm³/mol. The first-order valence-electron chi connectivity index (χ1n) is 8.29. The molecule has 3 amide bonds. The first kappa shape index (κ1) is 15.1. The molecule has 0 spiro atoms. The van der Waals surface area contributed by atoms with E-state index in [1.807, 2.05) is 25.1 Å². The van der Waals surface area contributed by atoms with E-state index in [4.69, 9.17) is 0 Å². The standard InChI is InChI=1S/C18H24N2O2/c1-3-12(2)16-17(21)20(18(22)19-16)15(14-9-10-14)11-13-7-5-4-6-8-13/h4-8,12,14-16H,3,9-11H2,1-2H3,(H,19,22)/t12-,15?,16-/m0/s1. The molecule has 0 radical (unpaired) electrons. The monoisotopic (exact) mass is 300 g/mol. The maximum Gasteiger partial charge on any atom is 0.325 e. The van der Waals surface area contributed by atoms with Gasteiger partial charge in [-0.15, -0.1) is 0 Å². The Morgan fingerprint density at radius 3 is 2.50 bits per heavy atom. The molecular formula is C18H24N2O2. The normalized spacial score (nSPS) is 24.3. The van der Waals surface area contributed by atoms with Crippen molar-refractivity contribution in [2.75, 3.05) is 0 Å². The molecule has 1 N–H and O–H groups in total. The molecule has 1 aromatic carbocycles. The summed E-state index contributed by atoms with van der Waals surface area (Å²) in [5, 5.41) is 2.89. The summed E-state index contributed by atoms with van der Waals surface area (Å²) in [4.78, 5) is 26.6. The van der Waals surface area contributed by atoms with Gasteiger partial charge < -0.3 is 5.32 Å². The van der Waals surface area contributed by atoms with Gasteiger partial charge in [0.25, 0.3) is 5.91 Å². The Bertz CT molecular complexity index is 553. The maximum atomic E-state index is 12.7. The molecule has 2 fully saturated rings. The van der Waals surface area contributed by atoms with Gasteiger partial charge in [-0.25, -0.2) is 4.79 Å². The predicted octanol–water partition coefficient (Wildman–Crippen LogP) is 2.97. The molecule has 4 heteroatoms. The molecule has 1 saturated carbocycles. The highest BCUT2D eigenvalue weighted by Gasteiger charge is 2.48. The van der Waals surface area contributed by atoms with Crippen molar-refractivity contribution in [2.45, 2.75) is 51.6 Å². The molecule has 1 heterocycles. The number of hydrogen-bond donors (Lipinski definition) is 1. The largest absolute Gasteiger partial charge is 0.326 e. The van der Waals surface area contributed by atoms with Gasteiger partial charge in [0.05, 0.1) is 0 Å². The second-order valence-electron chi connectivity index (χ2n) is 6.62. The van der Waals surface area contributed by atoms with Gasteiger partial charge in [0.1, 0.15) is 6.04 Å². The summed E-state index contributed by atoms with van der Waals surface area (Å²) in [5.41, 5.74) is 1.19. The Morgan fingerprint density at radius 2 is 1.91 bits per heavy atom. The van der Waals surface area contributed by atoms with Gasteiger partial charge in [0.2, 0.25) is 0 Å². The van der Waals surface area contributed by atoms with E-state index in [1.54, 1.807) is 0 Å². The van der Waals surface area contributed by atoms with Crippen molar-refractivity contribution < 1.29 is 9.59 Å². The van der Waals surface area contributed by atoms with Crippen molar-refractivity contribution in [3.05, 3.63) is 35.9 Å². The minimum Gasteiger partial charge on any atom is -0.326 e. The van der Waals surface area contributed by atoms with Crippen LogP contribution in [0.15, 0.2) is 30.3 Å². The summed E-state index contributed by atoms with van der Waals surface area (Å²) < 4.78 is 0. The number of imide groups is 1. The minimum atomic E-state index is -0.352. The number of hydrogen-bond acceptors (Lipinski definition) is 2. The zero-order valence-corrected chi connectivity index (χ0v) is 13.3. The molecule has 1 aliphatic carbocycles. The SMILES string of the molecule is CC[C@H](C)[C@@H]1NC(=O)N(C(Cc2ccccc2)C2CC2)C1=O. The van der Waals surface area contributed by atoms with Crippen molar-refractivity contribution in [2.24, 2.45) is 11.8 Å². The summed E-state index contributed by atoms with van der Waals surface area (Å²) in [5.74, 6) is 0.607. The third-order valence-electron chi connectivity index (χ3n) is 5.00. The molecule has 22 heavy (non-hydrogen) atoms.